The SMILES string of the molecule is Cc1nnccc1C(=O)N[C@](C)(CO)Cc1ccc(Cl)cc1. The Hall–Kier alpha value is -1.98. The Bertz CT molecular complexity index is 661. The number of benzene rings is 1. The third kappa shape index (κ3) is 4.02. The number of carbonyl (C=O) groups is 1. The molecule has 1 aromatic heterocycles. The van der Waals surface area contributed by atoms with E-state index in [0.717, 1.165) is 5.56 Å². The highest BCUT2D eigenvalue weighted by molar-refractivity contribution is 6.30. The summed E-state index contributed by atoms with van der Waals surface area (Å²) in [5, 5.41) is 20.8. The van der Waals surface area contributed by atoms with Gasteiger partial charge in [-0.1, -0.05) is 23.7 Å². The number of aliphatic hydroxyl groups is 1. The number of nitrogens with one attached hydrogen (secondary N) is 1. The first-order valence-electron chi connectivity index (χ1n) is 6.90. The summed E-state index contributed by atoms with van der Waals surface area (Å²) in [5.74, 6) is -0.280. The molecule has 0 aliphatic rings. The summed E-state index contributed by atoms with van der Waals surface area (Å²) in [6.07, 6.45) is 1.96. The van der Waals surface area contributed by atoms with E-state index < -0.39 is 5.54 Å². The standard InChI is InChI=1S/C16H18ClN3O2/c1-11-14(7-8-18-20-11)15(22)19-16(2,10-21)9-12-3-5-13(17)6-4-12/h3-8,21H,9-10H2,1-2H3,(H,19,22)/t16-/m0/s1. The van der Waals surface area contributed by atoms with Gasteiger partial charge in [-0.05, 0) is 44.0 Å². The Kier molecular flexibility index (Phi) is 5.11. The average molecular weight is 320 g/mol. The van der Waals surface area contributed by atoms with E-state index in [0.29, 0.717) is 22.7 Å². The molecule has 1 heterocycles. The predicted molar refractivity (Wildman–Crippen MR) is 84.9 cm³/mol. The molecule has 2 N–H and O–H groups in total. The van der Waals surface area contributed by atoms with Gasteiger partial charge in [-0.3, -0.25) is 4.79 Å². The molecule has 0 radical (unpaired) electrons. The van der Waals surface area contributed by atoms with Crippen LogP contribution in [0.4, 0.5) is 0 Å². The number of aryl methyl sites for hydroxylation is 1. The first-order chi connectivity index (χ1) is 10.4. The van der Waals surface area contributed by atoms with E-state index in [9.17, 15) is 9.90 Å². The van der Waals surface area contributed by atoms with E-state index in [2.05, 4.69) is 15.5 Å². The number of halogens is 1. The second kappa shape index (κ2) is 6.85. The number of aromatic nitrogens is 2. The average Bonchev–Trinajstić information content (AvgIpc) is 2.50. The van der Waals surface area contributed by atoms with Crippen molar-refractivity contribution in [1.29, 1.82) is 0 Å². The van der Waals surface area contributed by atoms with Crippen molar-refractivity contribution in [3.8, 4) is 0 Å². The molecule has 0 aliphatic heterocycles. The molecule has 0 fully saturated rings. The van der Waals surface area contributed by atoms with Crippen LogP contribution in [0.2, 0.25) is 5.02 Å². The third-order valence-corrected chi connectivity index (χ3v) is 3.67. The van der Waals surface area contributed by atoms with Gasteiger partial charge in [0.25, 0.3) is 5.91 Å². The highest BCUT2D eigenvalue weighted by Gasteiger charge is 2.27. The topological polar surface area (TPSA) is 75.1 Å². The van der Waals surface area contributed by atoms with Crippen LogP contribution < -0.4 is 5.32 Å². The molecular formula is C16H18ClN3O2. The third-order valence-electron chi connectivity index (χ3n) is 3.42. The molecule has 2 rings (SSSR count). The van der Waals surface area contributed by atoms with Crippen LogP contribution in [0.1, 0.15) is 28.5 Å². The monoisotopic (exact) mass is 319 g/mol. The fourth-order valence-electron chi connectivity index (χ4n) is 2.18. The molecule has 116 valence electrons. The van der Waals surface area contributed by atoms with Gasteiger partial charge in [0.2, 0.25) is 0 Å². The molecular weight excluding hydrogens is 302 g/mol. The Morgan fingerprint density at radius 1 is 1.32 bits per heavy atom. The summed E-state index contributed by atoms with van der Waals surface area (Å²) in [4.78, 5) is 12.4. The van der Waals surface area contributed by atoms with Crippen LogP contribution in [0.15, 0.2) is 36.5 Å². The molecule has 0 saturated carbocycles. The van der Waals surface area contributed by atoms with Crippen LogP contribution in [0, 0.1) is 6.92 Å². The van der Waals surface area contributed by atoms with Crippen molar-refractivity contribution in [1.82, 2.24) is 15.5 Å². The molecule has 0 spiro atoms. The molecule has 0 bridgehead atoms. The van der Waals surface area contributed by atoms with Gasteiger partial charge in [0.1, 0.15) is 0 Å². The van der Waals surface area contributed by atoms with E-state index in [1.54, 1.807) is 32.0 Å². The quantitative estimate of drug-likeness (QED) is 0.885. The molecule has 0 saturated heterocycles. The number of rotatable bonds is 5. The fourth-order valence-corrected chi connectivity index (χ4v) is 2.30. The second-order valence-corrected chi connectivity index (χ2v) is 5.94. The smallest absolute Gasteiger partial charge is 0.253 e. The molecule has 6 heteroatoms. The van der Waals surface area contributed by atoms with Gasteiger partial charge in [-0.2, -0.15) is 10.2 Å². The largest absolute Gasteiger partial charge is 0.394 e. The molecule has 22 heavy (non-hydrogen) atoms. The van der Waals surface area contributed by atoms with Gasteiger partial charge in [-0.15, -0.1) is 0 Å². The summed E-state index contributed by atoms with van der Waals surface area (Å²) in [6.45, 7) is 3.33. The van der Waals surface area contributed by atoms with Crippen LogP contribution >= 0.6 is 11.6 Å². The Morgan fingerprint density at radius 3 is 2.59 bits per heavy atom. The molecule has 2 aromatic rings. The van der Waals surface area contributed by atoms with Gasteiger partial charge in [-0.25, -0.2) is 0 Å². The zero-order chi connectivity index (χ0) is 16.2. The highest BCUT2D eigenvalue weighted by atomic mass is 35.5. The van der Waals surface area contributed by atoms with E-state index in [4.69, 9.17) is 11.6 Å². The van der Waals surface area contributed by atoms with Gasteiger partial charge in [0.15, 0.2) is 0 Å². The maximum Gasteiger partial charge on any atom is 0.253 e. The van der Waals surface area contributed by atoms with Gasteiger partial charge < -0.3 is 10.4 Å². The Morgan fingerprint density at radius 2 is 2.00 bits per heavy atom. The summed E-state index contributed by atoms with van der Waals surface area (Å²) in [5.41, 5.74) is 1.20. The number of aliphatic hydroxyl groups excluding tert-OH is 1. The molecule has 1 aromatic carbocycles. The zero-order valence-corrected chi connectivity index (χ0v) is 13.3. The number of carbonyl (C=O) groups excluding carboxylic acids is 1. The number of hydrogen-bond donors (Lipinski definition) is 2. The summed E-state index contributed by atoms with van der Waals surface area (Å²) in [6, 6.07) is 8.93. The Balaban J connectivity index is 2.14. The minimum Gasteiger partial charge on any atom is -0.394 e. The first kappa shape index (κ1) is 16.4. The van der Waals surface area contributed by atoms with Crippen LogP contribution in [-0.4, -0.2) is 33.4 Å². The van der Waals surface area contributed by atoms with E-state index >= 15 is 0 Å². The lowest BCUT2D eigenvalue weighted by atomic mass is 9.93. The molecule has 0 unspecified atom stereocenters. The van der Waals surface area contributed by atoms with E-state index in [-0.39, 0.29) is 12.5 Å². The number of amides is 1. The fraction of sp³-hybridized carbons (Fsp3) is 0.312. The van der Waals surface area contributed by atoms with E-state index in [1.807, 2.05) is 12.1 Å². The summed E-state index contributed by atoms with van der Waals surface area (Å²) < 4.78 is 0. The normalized spacial score (nSPS) is 13.5. The molecule has 1 atom stereocenters. The lowest BCUT2D eigenvalue weighted by Gasteiger charge is -2.29. The Labute approximate surface area is 134 Å². The van der Waals surface area contributed by atoms with Crippen molar-refractivity contribution in [3.05, 3.63) is 58.4 Å². The van der Waals surface area contributed by atoms with Gasteiger partial charge >= 0.3 is 0 Å². The molecule has 0 aliphatic carbocycles. The zero-order valence-electron chi connectivity index (χ0n) is 12.5. The van der Waals surface area contributed by atoms with Crippen molar-refractivity contribution in [3.63, 3.8) is 0 Å². The second-order valence-electron chi connectivity index (χ2n) is 5.51. The molecule has 1 amide bonds. The molecule has 5 nitrogen and oxygen atoms in total. The van der Waals surface area contributed by atoms with Gasteiger partial charge in [0, 0.05) is 5.02 Å². The van der Waals surface area contributed by atoms with Gasteiger partial charge in [0.05, 0.1) is 29.6 Å². The van der Waals surface area contributed by atoms with Crippen LogP contribution in [-0.2, 0) is 6.42 Å². The minimum atomic E-state index is -0.777. The van der Waals surface area contributed by atoms with Crippen molar-refractivity contribution in [2.24, 2.45) is 0 Å². The maximum absolute atomic E-state index is 12.4. The van der Waals surface area contributed by atoms with E-state index in [1.165, 1.54) is 6.20 Å². The van der Waals surface area contributed by atoms with Crippen LogP contribution in [0.3, 0.4) is 0 Å². The predicted octanol–water partition coefficient (Wildman–Crippen LogP) is 2.16. The first-order valence-corrected chi connectivity index (χ1v) is 7.27. The number of nitrogens with zero attached hydrogens (tertiary/aromatic N) is 2. The highest BCUT2D eigenvalue weighted by Crippen LogP contribution is 2.17. The van der Waals surface area contributed by atoms with Crippen molar-refractivity contribution >= 4 is 17.5 Å². The van der Waals surface area contributed by atoms with Crippen LogP contribution in [0.25, 0.3) is 0 Å². The minimum absolute atomic E-state index is 0.182. The van der Waals surface area contributed by atoms with Crippen molar-refractivity contribution in [2.75, 3.05) is 6.61 Å². The lowest BCUT2D eigenvalue weighted by molar-refractivity contribution is 0.0850. The summed E-state index contributed by atoms with van der Waals surface area (Å²) >= 11 is 5.87. The van der Waals surface area contributed by atoms with Crippen molar-refractivity contribution in [2.45, 2.75) is 25.8 Å². The van der Waals surface area contributed by atoms with Crippen LogP contribution in [0.5, 0.6) is 0 Å². The lowest BCUT2D eigenvalue weighted by Crippen LogP contribution is -2.50. The summed E-state index contributed by atoms with van der Waals surface area (Å²) in [7, 11) is 0. The number of hydrogen-bond acceptors (Lipinski definition) is 4. The maximum atomic E-state index is 12.4. The van der Waals surface area contributed by atoms with Crippen molar-refractivity contribution < 1.29 is 9.90 Å².